The quantitative estimate of drug-likeness (QED) is 0.728. The lowest BCUT2D eigenvalue weighted by Crippen LogP contribution is -2.07. The number of allylic oxidation sites excluding steroid dienone is 2. The van der Waals surface area contributed by atoms with Gasteiger partial charge in [-0.05, 0) is 60.4 Å². The Morgan fingerprint density at radius 3 is 1.81 bits per heavy atom. The minimum absolute atomic E-state index is 0.119. The molecule has 3 rings (SSSR count). The number of ether oxygens (including phenoxy) is 2. The van der Waals surface area contributed by atoms with Gasteiger partial charge in [0, 0.05) is 37.0 Å². The average Bonchev–Trinajstić information content (AvgIpc) is 3.01. The molecular weight excluding hydrogens is 338 g/mol. The van der Waals surface area contributed by atoms with Crippen molar-refractivity contribution < 1.29 is 14.3 Å². The van der Waals surface area contributed by atoms with Crippen LogP contribution in [0.25, 0.3) is 12.2 Å². The van der Waals surface area contributed by atoms with Crippen LogP contribution < -0.4 is 14.4 Å². The first-order valence-corrected chi connectivity index (χ1v) is 8.96. The fourth-order valence-electron chi connectivity index (χ4n) is 3.16. The van der Waals surface area contributed by atoms with Gasteiger partial charge in [0.15, 0.2) is 5.78 Å². The van der Waals surface area contributed by atoms with Crippen LogP contribution in [-0.4, -0.2) is 34.1 Å². The molecule has 1 aliphatic rings. The Balaban J connectivity index is 1.83. The van der Waals surface area contributed by atoms with Gasteiger partial charge in [-0.2, -0.15) is 0 Å². The van der Waals surface area contributed by atoms with Crippen molar-refractivity contribution in [3.05, 3.63) is 64.7 Å². The standard InChI is InChI=1S/C23H25NO3/c1-24(2)20-9-5-16(6-10-20)11-18-7-8-19(23(18)25)12-17-13-21(26-3)15-22(14-17)27-4/h5-6,9-15H,7-8H2,1-4H3/b18-11+,19-12?. The highest BCUT2D eigenvalue weighted by Crippen LogP contribution is 2.31. The smallest absolute Gasteiger partial charge is 0.185 e. The minimum atomic E-state index is 0.119. The third-order valence-electron chi connectivity index (χ3n) is 4.71. The molecule has 0 amide bonds. The van der Waals surface area contributed by atoms with Gasteiger partial charge in [-0.3, -0.25) is 4.79 Å². The molecule has 2 aromatic carbocycles. The topological polar surface area (TPSA) is 38.8 Å². The van der Waals surface area contributed by atoms with Crippen LogP contribution >= 0.6 is 0 Å². The third-order valence-corrected chi connectivity index (χ3v) is 4.71. The van der Waals surface area contributed by atoms with E-state index >= 15 is 0 Å². The molecule has 0 bridgehead atoms. The minimum Gasteiger partial charge on any atom is -0.497 e. The van der Waals surface area contributed by atoms with Crippen LogP contribution in [-0.2, 0) is 4.79 Å². The number of carbonyl (C=O) groups is 1. The lowest BCUT2D eigenvalue weighted by Gasteiger charge is -2.11. The summed E-state index contributed by atoms with van der Waals surface area (Å²) in [5, 5.41) is 0. The SMILES string of the molecule is COc1cc(C=C2CC/C(=C\c3ccc(N(C)C)cc3)C2=O)cc(OC)c1. The second-order valence-corrected chi connectivity index (χ2v) is 6.80. The average molecular weight is 363 g/mol. The van der Waals surface area contributed by atoms with Crippen molar-refractivity contribution in [2.45, 2.75) is 12.8 Å². The number of hydrogen-bond donors (Lipinski definition) is 0. The van der Waals surface area contributed by atoms with Crippen LogP contribution in [0.5, 0.6) is 11.5 Å². The van der Waals surface area contributed by atoms with Gasteiger partial charge in [-0.25, -0.2) is 0 Å². The Bertz CT molecular complexity index is 870. The maximum Gasteiger partial charge on any atom is 0.185 e. The van der Waals surface area contributed by atoms with E-state index in [0.29, 0.717) is 11.5 Å². The summed E-state index contributed by atoms with van der Waals surface area (Å²) in [5.74, 6) is 1.54. The molecule has 1 fully saturated rings. The summed E-state index contributed by atoms with van der Waals surface area (Å²) < 4.78 is 10.6. The van der Waals surface area contributed by atoms with Gasteiger partial charge >= 0.3 is 0 Å². The Kier molecular flexibility index (Phi) is 5.65. The van der Waals surface area contributed by atoms with E-state index in [0.717, 1.165) is 40.8 Å². The zero-order chi connectivity index (χ0) is 19.4. The molecule has 4 nitrogen and oxygen atoms in total. The molecule has 0 spiro atoms. The molecule has 0 saturated heterocycles. The summed E-state index contributed by atoms with van der Waals surface area (Å²) in [6.45, 7) is 0. The molecule has 27 heavy (non-hydrogen) atoms. The van der Waals surface area contributed by atoms with Crippen molar-refractivity contribution in [3.8, 4) is 11.5 Å². The fraction of sp³-hybridized carbons (Fsp3) is 0.261. The molecule has 2 aromatic rings. The van der Waals surface area contributed by atoms with E-state index in [-0.39, 0.29) is 5.78 Å². The Morgan fingerprint density at radius 1 is 0.815 bits per heavy atom. The molecule has 1 saturated carbocycles. The van der Waals surface area contributed by atoms with Crippen LogP contribution in [0.4, 0.5) is 5.69 Å². The monoisotopic (exact) mass is 363 g/mol. The number of carbonyl (C=O) groups excluding carboxylic acids is 1. The van der Waals surface area contributed by atoms with Gasteiger partial charge in [-0.15, -0.1) is 0 Å². The number of benzene rings is 2. The summed E-state index contributed by atoms with van der Waals surface area (Å²) >= 11 is 0. The molecule has 4 heteroatoms. The van der Waals surface area contributed by atoms with E-state index < -0.39 is 0 Å². The lowest BCUT2D eigenvalue weighted by atomic mass is 10.1. The number of methoxy groups -OCH3 is 2. The van der Waals surface area contributed by atoms with E-state index in [9.17, 15) is 4.79 Å². The van der Waals surface area contributed by atoms with E-state index in [1.54, 1.807) is 14.2 Å². The normalized spacial score (nSPS) is 16.8. The van der Waals surface area contributed by atoms with Crippen LogP contribution in [0.15, 0.2) is 53.6 Å². The van der Waals surface area contributed by atoms with Gasteiger partial charge in [0.05, 0.1) is 14.2 Å². The van der Waals surface area contributed by atoms with Crippen molar-refractivity contribution in [1.29, 1.82) is 0 Å². The molecule has 1 aliphatic carbocycles. The van der Waals surface area contributed by atoms with E-state index in [2.05, 4.69) is 17.0 Å². The number of nitrogens with zero attached hydrogens (tertiary/aromatic N) is 1. The Hall–Kier alpha value is -3.01. The van der Waals surface area contributed by atoms with Crippen molar-refractivity contribution in [1.82, 2.24) is 0 Å². The number of rotatable bonds is 5. The summed E-state index contributed by atoms with van der Waals surface area (Å²) in [4.78, 5) is 14.8. The Morgan fingerprint density at radius 2 is 1.33 bits per heavy atom. The van der Waals surface area contributed by atoms with Crippen LogP contribution in [0.1, 0.15) is 24.0 Å². The summed E-state index contributed by atoms with van der Waals surface area (Å²) in [6, 6.07) is 13.8. The van der Waals surface area contributed by atoms with Gasteiger partial charge in [0.1, 0.15) is 11.5 Å². The highest BCUT2D eigenvalue weighted by Gasteiger charge is 2.23. The zero-order valence-electron chi connectivity index (χ0n) is 16.3. The van der Waals surface area contributed by atoms with Gasteiger partial charge < -0.3 is 14.4 Å². The zero-order valence-corrected chi connectivity index (χ0v) is 16.3. The third kappa shape index (κ3) is 4.40. The number of hydrogen-bond acceptors (Lipinski definition) is 4. The molecule has 0 radical (unpaired) electrons. The second-order valence-electron chi connectivity index (χ2n) is 6.80. The van der Waals surface area contributed by atoms with Gasteiger partial charge in [-0.1, -0.05) is 12.1 Å². The van der Waals surface area contributed by atoms with E-state index in [1.165, 1.54) is 0 Å². The van der Waals surface area contributed by atoms with Crippen LogP contribution in [0, 0.1) is 0 Å². The maximum atomic E-state index is 12.8. The highest BCUT2D eigenvalue weighted by molar-refractivity contribution is 6.15. The highest BCUT2D eigenvalue weighted by atomic mass is 16.5. The predicted molar refractivity (Wildman–Crippen MR) is 111 cm³/mol. The first kappa shape index (κ1) is 18.8. The predicted octanol–water partition coefficient (Wildman–Crippen LogP) is 4.60. The molecule has 0 aliphatic heterocycles. The lowest BCUT2D eigenvalue weighted by molar-refractivity contribution is -0.111. The van der Waals surface area contributed by atoms with Crippen molar-refractivity contribution >= 4 is 23.6 Å². The van der Waals surface area contributed by atoms with E-state index in [1.807, 2.05) is 56.6 Å². The molecule has 140 valence electrons. The summed E-state index contributed by atoms with van der Waals surface area (Å²) in [7, 11) is 7.26. The van der Waals surface area contributed by atoms with Crippen LogP contribution in [0.3, 0.4) is 0 Å². The molecule has 0 heterocycles. The summed E-state index contributed by atoms with van der Waals surface area (Å²) in [5.41, 5.74) is 4.78. The molecular formula is C23H25NO3. The summed E-state index contributed by atoms with van der Waals surface area (Å²) in [6.07, 6.45) is 5.44. The van der Waals surface area contributed by atoms with Crippen molar-refractivity contribution in [2.75, 3.05) is 33.2 Å². The maximum absolute atomic E-state index is 12.8. The fourth-order valence-corrected chi connectivity index (χ4v) is 3.16. The second kappa shape index (κ2) is 8.12. The molecule has 0 aromatic heterocycles. The molecule has 0 atom stereocenters. The van der Waals surface area contributed by atoms with Gasteiger partial charge in [0.25, 0.3) is 0 Å². The van der Waals surface area contributed by atoms with Gasteiger partial charge in [0.2, 0.25) is 0 Å². The van der Waals surface area contributed by atoms with Crippen molar-refractivity contribution in [3.63, 3.8) is 0 Å². The van der Waals surface area contributed by atoms with Crippen molar-refractivity contribution in [2.24, 2.45) is 0 Å². The van der Waals surface area contributed by atoms with Crippen LogP contribution in [0.2, 0.25) is 0 Å². The number of Topliss-reactive ketones (excluding diaryl/α,β-unsaturated/α-hetero) is 1. The van der Waals surface area contributed by atoms with E-state index in [4.69, 9.17) is 9.47 Å². The number of anilines is 1. The largest absolute Gasteiger partial charge is 0.497 e. The first-order chi connectivity index (χ1) is 13.0. The Labute approximate surface area is 160 Å². The molecule has 0 N–H and O–H groups in total. The molecule has 0 unspecified atom stereocenters. The number of ketones is 1. The first-order valence-electron chi connectivity index (χ1n) is 8.96.